The fourth-order valence-electron chi connectivity index (χ4n) is 2.34. The molecule has 0 heterocycles. The summed E-state index contributed by atoms with van der Waals surface area (Å²) in [5, 5.41) is 5.87. The molecule has 2 aromatic rings. The van der Waals surface area contributed by atoms with Gasteiger partial charge in [0.15, 0.2) is 0 Å². The second-order valence-corrected chi connectivity index (χ2v) is 6.20. The Morgan fingerprint density at radius 3 is 2.08 bits per heavy atom. The number of carbonyl (C=O) groups is 2. The van der Waals surface area contributed by atoms with Gasteiger partial charge in [0.05, 0.1) is 12.5 Å². The van der Waals surface area contributed by atoms with Crippen molar-refractivity contribution >= 4 is 11.8 Å². The first-order chi connectivity index (χ1) is 11.6. The Bertz CT molecular complexity index is 654. The third-order valence-electron chi connectivity index (χ3n) is 3.64. The van der Waals surface area contributed by atoms with Crippen molar-refractivity contribution in [3.8, 4) is 0 Å². The third-order valence-corrected chi connectivity index (χ3v) is 3.64. The Morgan fingerprint density at radius 2 is 1.50 bits per heavy atom. The van der Waals surface area contributed by atoms with Gasteiger partial charge in [0.2, 0.25) is 5.91 Å². The number of nitrogens with one attached hydrogen (secondary N) is 2. The van der Waals surface area contributed by atoms with Crippen LogP contribution in [0, 0.1) is 5.92 Å². The number of rotatable bonds is 7. The van der Waals surface area contributed by atoms with Crippen LogP contribution >= 0.6 is 0 Å². The van der Waals surface area contributed by atoms with E-state index in [0.717, 1.165) is 5.56 Å². The molecule has 0 saturated heterocycles. The van der Waals surface area contributed by atoms with Crippen molar-refractivity contribution in [2.45, 2.75) is 26.3 Å². The maximum absolute atomic E-state index is 12.4. The Hall–Kier alpha value is -2.62. The predicted octanol–water partition coefficient (Wildman–Crippen LogP) is 3.32. The Labute approximate surface area is 143 Å². The van der Waals surface area contributed by atoms with Gasteiger partial charge in [0.25, 0.3) is 5.91 Å². The molecule has 0 bridgehead atoms. The van der Waals surface area contributed by atoms with E-state index in [1.54, 1.807) is 12.1 Å². The number of hydrogen-bond acceptors (Lipinski definition) is 2. The average molecular weight is 324 g/mol. The molecule has 2 rings (SSSR count). The number of hydrogen-bond donors (Lipinski definition) is 2. The maximum atomic E-state index is 12.4. The summed E-state index contributed by atoms with van der Waals surface area (Å²) in [6.45, 7) is 4.73. The molecule has 0 aliphatic carbocycles. The molecule has 0 radical (unpaired) electrons. The summed E-state index contributed by atoms with van der Waals surface area (Å²) in [6, 6.07) is 18.2. The summed E-state index contributed by atoms with van der Waals surface area (Å²) >= 11 is 0. The Morgan fingerprint density at radius 1 is 0.917 bits per heavy atom. The quantitative estimate of drug-likeness (QED) is 0.821. The molecule has 0 aliphatic rings. The minimum atomic E-state index is -0.355. The van der Waals surface area contributed by atoms with E-state index in [4.69, 9.17) is 0 Å². The smallest absolute Gasteiger partial charge is 0.251 e. The van der Waals surface area contributed by atoms with E-state index in [1.807, 2.05) is 62.4 Å². The van der Waals surface area contributed by atoms with Crippen molar-refractivity contribution in [1.82, 2.24) is 10.6 Å². The summed E-state index contributed by atoms with van der Waals surface area (Å²) < 4.78 is 0. The van der Waals surface area contributed by atoms with Crippen LogP contribution < -0.4 is 10.6 Å². The van der Waals surface area contributed by atoms with Gasteiger partial charge < -0.3 is 10.6 Å². The second kappa shape index (κ2) is 8.87. The molecule has 24 heavy (non-hydrogen) atoms. The van der Waals surface area contributed by atoms with Gasteiger partial charge in [-0.1, -0.05) is 62.4 Å². The maximum Gasteiger partial charge on any atom is 0.251 e. The fraction of sp³-hybridized carbons (Fsp3) is 0.300. The van der Waals surface area contributed by atoms with Crippen molar-refractivity contribution in [3.05, 3.63) is 71.8 Å². The highest BCUT2D eigenvalue weighted by atomic mass is 16.2. The van der Waals surface area contributed by atoms with Crippen molar-refractivity contribution in [3.63, 3.8) is 0 Å². The van der Waals surface area contributed by atoms with Crippen LogP contribution in [-0.4, -0.2) is 18.4 Å². The zero-order valence-electron chi connectivity index (χ0n) is 14.2. The lowest BCUT2D eigenvalue weighted by molar-refractivity contribution is -0.121. The molecule has 4 nitrogen and oxygen atoms in total. The molecule has 0 saturated carbocycles. The van der Waals surface area contributed by atoms with Crippen LogP contribution in [0.5, 0.6) is 0 Å². The topological polar surface area (TPSA) is 58.2 Å². The van der Waals surface area contributed by atoms with E-state index >= 15 is 0 Å². The highest BCUT2D eigenvalue weighted by molar-refractivity contribution is 5.94. The molecule has 126 valence electrons. The monoisotopic (exact) mass is 324 g/mol. The molecule has 0 aliphatic heterocycles. The second-order valence-electron chi connectivity index (χ2n) is 6.20. The van der Waals surface area contributed by atoms with Gasteiger partial charge in [-0.15, -0.1) is 0 Å². The van der Waals surface area contributed by atoms with Crippen LogP contribution in [0.15, 0.2) is 60.7 Å². The molecule has 2 N–H and O–H groups in total. The number of carbonyl (C=O) groups excluding carboxylic acids is 2. The van der Waals surface area contributed by atoms with Crippen molar-refractivity contribution < 1.29 is 9.59 Å². The van der Waals surface area contributed by atoms with Crippen molar-refractivity contribution in [2.75, 3.05) is 6.54 Å². The Kier molecular flexibility index (Phi) is 6.55. The number of amides is 2. The first-order valence-electron chi connectivity index (χ1n) is 8.24. The zero-order valence-corrected chi connectivity index (χ0v) is 14.2. The van der Waals surface area contributed by atoms with Crippen LogP contribution in [0.2, 0.25) is 0 Å². The number of benzene rings is 2. The molecule has 0 aromatic heterocycles. The van der Waals surface area contributed by atoms with E-state index in [9.17, 15) is 9.59 Å². The zero-order chi connectivity index (χ0) is 17.4. The molecule has 0 spiro atoms. The van der Waals surface area contributed by atoms with Crippen LogP contribution in [0.25, 0.3) is 0 Å². The highest BCUT2D eigenvalue weighted by Crippen LogP contribution is 2.17. The van der Waals surface area contributed by atoms with E-state index in [-0.39, 0.29) is 24.3 Å². The first-order valence-corrected chi connectivity index (χ1v) is 8.24. The van der Waals surface area contributed by atoms with Crippen LogP contribution in [-0.2, 0) is 4.79 Å². The molecular weight excluding hydrogens is 300 g/mol. The molecule has 4 heteroatoms. The van der Waals surface area contributed by atoms with Crippen LogP contribution in [0.4, 0.5) is 0 Å². The molecule has 1 atom stereocenters. The van der Waals surface area contributed by atoms with Gasteiger partial charge in [0, 0.05) is 12.1 Å². The van der Waals surface area contributed by atoms with Gasteiger partial charge in [-0.25, -0.2) is 0 Å². The summed E-state index contributed by atoms with van der Waals surface area (Å²) in [6.07, 6.45) is 0.218. The van der Waals surface area contributed by atoms with Crippen LogP contribution in [0.1, 0.15) is 42.2 Å². The van der Waals surface area contributed by atoms with Gasteiger partial charge in [-0.2, -0.15) is 0 Å². The predicted molar refractivity (Wildman–Crippen MR) is 95.6 cm³/mol. The van der Waals surface area contributed by atoms with E-state index < -0.39 is 0 Å². The lowest BCUT2D eigenvalue weighted by atomic mass is 10.0. The average Bonchev–Trinajstić information content (AvgIpc) is 2.61. The largest absolute Gasteiger partial charge is 0.356 e. The van der Waals surface area contributed by atoms with E-state index in [2.05, 4.69) is 10.6 Å². The lowest BCUT2D eigenvalue weighted by Crippen LogP contribution is -2.35. The van der Waals surface area contributed by atoms with E-state index in [0.29, 0.717) is 18.0 Å². The van der Waals surface area contributed by atoms with Gasteiger partial charge in [-0.3, -0.25) is 9.59 Å². The van der Waals surface area contributed by atoms with Crippen molar-refractivity contribution in [2.24, 2.45) is 5.92 Å². The molecule has 0 fully saturated rings. The molecule has 2 amide bonds. The van der Waals surface area contributed by atoms with Gasteiger partial charge in [-0.05, 0) is 23.6 Å². The van der Waals surface area contributed by atoms with Crippen LogP contribution in [0.3, 0.4) is 0 Å². The van der Waals surface area contributed by atoms with Crippen molar-refractivity contribution in [1.29, 1.82) is 0 Å². The minimum absolute atomic E-state index is 0.0640. The highest BCUT2D eigenvalue weighted by Gasteiger charge is 2.19. The summed E-state index contributed by atoms with van der Waals surface area (Å²) in [7, 11) is 0. The van der Waals surface area contributed by atoms with E-state index in [1.165, 1.54) is 0 Å². The normalized spacial score (nSPS) is 11.8. The SMILES string of the molecule is CC(C)CNC(=O)CC(NC(=O)c1ccccc1)c1ccccc1. The molecular formula is C20H24N2O2. The van der Waals surface area contributed by atoms with Gasteiger partial charge >= 0.3 is 0 Å². The molecule has 2 aromatic carbocycles. The summed E-state index contributed by atoms with van der Waals surface area (Å²) in [4.78, 5) is 24.6. The van der Waals surface area contributed by atoms with Gasteiger partial charge in [0.1, 0.15) is 0 Å². The Balaban J connectivity index is 2.09. The minimum Gasteiger partial charge on any atom is -0.356 e. The summed E-state index contributed by atoms with van der Waals surface area (Å²) in [5.74, 6) is 0.148. The summed E-state index contributed by atoms with van der Waals surface area (Å²) in [5.41, 5.74) is 1.50. The molecule has 1 unspecified atom stereocenters. The fourth-order valence-corrected chi connectivity index (χ4v) is 2.34. The lowest BCUT2D eigenvalue weighted by Gasteiger charge is -2.19. The third kappa shape index (κ3) is 5.54. The standard InChI is InChI=1S/C20H24N2O2/c1-15(2)14-21-19(23)13-18(16-9-5-3-6-10-16)22-20(24)17-11-7-4-8-12-17/h3-12,15,18H,13-14H2,1-2H3,(H,21,23)(H,22,24). The first kappa shape index (κ1) is 17.7.